The van der Waals surface area contributed by atoms with Crippen molar-refractivity contribution >= 4 is 22.8 Å². The quantitative estimate of drug-likeness (QED) is 0.665. The monoisotopic (exact) mass is 490 g/mol. The molecule has 0 spiro atoms. The molecule has 0 aromatic carbocycles. The van der Waals surface area contributed by atoms with Crippen LogP contribution < -0.4 is 10.2 Å². The van der Waals surface area contributed by atoms with Gasteiger partial charge in [-0.25, -0.2) is 9.97 Å². The highest BCUT2D eigenvalue weighted by Crippen LogP contribution is 2.61. The van der Waals surface area contributed by atoms with Crippen LogP contribution >= 0.6 is 0 Å². The molecule has 1 N–H and O–H groups in total. The van der Waals surface area contributed by atoms with Crippen LogP contribution in [0.3, 0.4) is 0 Å². The molecule has 5 heterocycles. The van der Waals surface area contributed by atoms with Gasteiger partial charge in [0.05, 0.1) is 11.0 Å². The van der Waals surface area contributed by atoms with Crippen molar-refractivity contribution in [2.24, 2.45) is 17.3 Å². The normalized spacial score (nSPS) is 27.1. The van der Waals surface area contributed by atoms with Crippen molar-refractivity contribution in [3.05, 3.63) is 30.0 Å². The summed E-state index contributed by atoms with van der Waals surface area (Å²) in [5.41, 5.74) is 2.74. The van der Waals surface area contributed by atoms with Crippen molar-refractivity contribution in [1.29, 1.82) is 0 Å². The van der Waals surface area contributed by atoms with Gasteiger partial charge in [0.2, 0.25) is 0 Å². The summed E-state index contributed by atoms with van der Waals surface area (Å²) >= 11 is 0. The number of carbonyl (C=O) groups excluding carboxylic acids is 1. The molecule has 0 radical (unpaired) electrons. The predicted molar refractivity (Wildman–Crippen MR) is 144 cm³/mol. The van der Waals surface area contributed by atoms with Crippen LogP contribution in [0.4, 0.5) is 5.82 Å². The number of hydrogen-bond acceptors (Lipinski definition) is 6. The second-order valence-corrected chi connectivity index (χ2v) is 12.2. The van der Waals surface area contributed by atoms with E-state index in [1.165, 1.54) is 45.3 Å². The third-order valence-electron chi connectivity index (χ3n) is 9.54. The van der Waals surface area contributed by atoms with Crippen LogP contribution in [0, 0.1) is 17.3 Å². The fraction of sp³-hybridized carbons (Fsp3) is 0.690. The van der Waals surface area contributed by atoms with Gasteiger partial charge in [0.15, 0.2) is 0 Å². The molecule has 3 saturated heterocycles. The van der Waals surface area contributed by atoms with Gasteiger partial charge in [0, 0.05) is 58.4 Å². The fourth-order valence-electron chi connectivity index (χ4n) is 6.84. The van der Waals surface area contributed by atoms with Gasteiger partial charge in [-0.3, -0.25) is 4.79 Å². The van der Waals surface area contributed by atoms with E-state index in [0.717, 1.165) is 74.3 Å². The van der Waals surface area contributed by atoms with E-state index in [-0.39, 0.29) is 11.9 Å². The van der Waals surface area contributed by atoms with Crippen molar-refractivity contribution in [2.75, 3.05) is 57.3 Å². The van der Waals surface area contributed by atoms with E-state index < -0.39 is 0 Å². The van der Waals surface area contributed by atoms with Crippen LogP contribution in [0.25, 0.3) is 11.0 Å². The van der Waals surface area contributed by atoms with Crippen LogP contribution in [0.15, 0.2) is 24.3 Å². The maximum Gasteiger partial charge on any atom is 0.270 e. The van der Waals surface area contributed by atoms with Crippen LogP contribution in [0.1, 0.15) is 62.9 Å². The number of carbonyl (C=O) groups is 1. The van der Waals surface area contributed by atoms with Gasteiger partial charge in [-0.2, -0.15) is 0 Å². The summed E-state index contributed by atoms with van der Waals surface area (Å²) in [5.74, 6) is 2.82. The molecular formula is C29H42N6O. The van der Waals surface area contributed by atoms with E-state index >= 15 is 0 Å². The number of pyridine rings is 2. The molecule has 2 aromatic heterocycles. The number of fused-ring (bicyclic) bond motifs is 2. The maximum absolute atomic E-state index is 13.0. The molecule has 6 rings (SSSR count). The van der Waals surface area contributed by atoms with E-state index in [0.29, 0.717) is 11.1 Å². The molecule has 36 heavy (non-hydrogen) atoms. The summed E-state index contributed by atoms with van der Waals surface area (Å²) in [4.78, 5) is 30.1. The van der Waals surface area contributed by atoms with E-state index in [9.17, 15) is 4.79 Å². The van der Waals surface area contributed by atoms with Crippen LogP contribution in [-0.2, 0) is 0 Å². The molecule has 2 aromatic rings. The molecule has 1 aliphatic carbocycles. The minimum atomic E-state index is -0.0640. The Hall–Kier alpha value is -2.25. The second kappa shape index (κ2) is 9.90. The Morgan fingerprint density at radius 1 is 0.861 bits per heavy atom. The number of aromatic nitrogens is 2. The molecule has 7 heteroatoms. The lowest BCUT2D eigenvalue weighted by Crippen LogP contribution is -2.46. The molecule has 1 saturated carbocycles. The third-order valence-corrected chi connectivity index (χ3v) is 9.54. The standard InChI is InChI=1S/C29H42N6O/c1-29(2)22-19-34(20-23(22)29)18-17-33-15-11-21(12-16-33)30-28(36)26-8-7-25-24(31-26)9-10-27(32-25)35-13-5-3-4-6-14-35/h7-10,21-23H,3-6,11-20H2,1-2H3,(H,30,36). The number of nitrogens with zero attached hydrogens (tertiary/aromatic N) is 5. The zero-order valence-corrected chi connectivity index (χ0v) is 22.1. The third kappa shape index (κ3) is 4.97. The summed E-state index contributed by atoms with van der Waals surface area (Å²) in [6.07, 6.45) is 7.10. The number of amides is 1. The van der Waals surface area contributed by atoms with Crippen LogP contribution in [0.5, 0.6) is 0 Å². The second-order valence-electron chi connectivity index (χ2n) is 12.2. The lowest BCUT2D eigenvalue weighted by molar-refractivity contribution is 0.0902. The highest BCUT2D eigenvalue weighted by Gasteiger charge is 2.61. The Labute approximate surface area is 215 Å². The Bertz CT molecular complexity index is 1070. The van der Waals surface area contributed by atoms with Gasteiger partial charge < -0.3 is 20.0 Å². The number of hydrogen-bond donors (Lipinski definition) is 1. The molecular weight excluding hydrogens is 448 g/mol. The molecule has 0 bridgehead atoms. The first-order valence-corrected chi connectivity index (χ1v) is 14.3. The molecule has 4 fully saturated rings. The van der Waals surface area contributed by atoms with Gasteiger partial charge in [0.25, 0.3) is 5.91 Å². The topological polar surface area (TPSA) is 64.6 Å². The number of rotatable bonds is 6. The van der Waals surface area contributed by atoms with Gasteiger partial charge in [-0.05, 0) is 67.2 Å². The Kier molecular flexibility index (Phi) is 6.63. The number of nitrogens with one attached hydrogen (secondary N) is 1. The van der Waals surface area contributed by atoms with Crippen molar-refractivity contribution < 1.29 is 4.79 Å². The number of piperidine rings is 2. The highest BCUT2D eigenvalue weighted by molar-refractivity contribution is 5.94. The van der Waals surface area contributed by atoms with Crippen molar-refractivity contribution in [3.63, 3.8) is 0 Å². The first kappa shape index (κ1) is 24.1. The average molecular weight is 491 g/mol. The lowest BCUT2D eigenvalue weighted by atomic mass is 10.0. The zero-order valence-electron chi connectivity index (χ0n) is 22.1. The maximum atomic E-state index is 13.0. The van der Waals surface area contributed by atoms with Gasteiger partial charge in [0.1, 0.15) is 11.5 Å². The minimum Gasteiger partial charge on any atom is -0.357 e. The first-order chi connectivity index (χ1) is 17.5. The van der Waals surface area contributed by atoms with Gasteiger partial charge in [-0.15, -0.1) is 0 Å². The summed E-state index contributed by atoms with van der Waals surface area (Å²) in [7, 11) is 0. The Morgan fingerprint density at radius 3 is 2.22 bits per heavy atom. The van der Waals surface area contributed by atoms with E-state index in [1.807, 2.05) is 18.2 Å². The molecule has 3 aliphatic heterocycles. The molecule has 2 atom stereocenters. The fourth-order valence-corrected chi connectivity index (χ4v) is 6.84. The molecule has 4 aliphatic rings. The number of likely N-dealkylation sites (tertiary alicyclic amines) is 2. The predicted octanol–water partition coefficient (Wildman–Crippen LogP) is 3.79. The molecule has 7 nitrogen and oxygen atoms in total. The van der Waals surface area contributed by atoms with Gasteiger partial charge >= 0.3 is 0 Å². The molecule has 194 valence electrons. The Balaban J connectivity index is 0.976. The highest BCUT2D eigenvalue weighted by atomic mass is 16.1. The van der Waals surface area contributed by atoms with E-state index in [4.69, 9.17) is 4.98 Å². The molecule has 1 amide bonds. The van der Waals surface area contributed by atoms with Crippen LogP contribution in [-0.4, -0.2) is 84.1 Å². The Morgan fingerprint density at radius 2 is 1.50 bits per heavy atom. The average Bonchev–Trinajstić information content (AvgIpc) is 3.25. The van der Waals surface area contributed by atoms with Crippen molar-refractivity contribution in [3.8, 4) is 0 Å². The van der Waals surface area contributed by atoms with Crippen molar-refractivity contribution in [2.45, 2.75) is 58.4 Å². The van der Waals surface area contributed by atoms with Gasteiger partial charge in [-0.1, -0.05) is 26.7 Å². The van der Waals surface area contributed by atoms with E-state index in [1.54, 1.807) is 0 Å². The van der Waals surface area contributed by atoms with Crippen molar-refractivity contribution in [1.82, 2.24) is 25.1 Å². The molecule has 2 unspecified atom stereocenters. The minimum absolute atomic E-state index is 0.0640. The first-order valence-electron chi connectivity index (χ1n) is 14.3. The zero-order chi connectivity index (χ0) is 24.7. The van der Waals surface area contributed by atoms with E-state index in [2.05, 4.69) is 44.9 Å². The number of anilines is 1. The smallest absolute Gasteiger partial charge is 0.270 e. The summed E-state index contributed by atoms with van der Waals surface area (Å²) in [5, 5.41) is 3.24. The van der Waals surface area contributed by atoms with Crippen LogP contribution in [0.2, 0.25) is 0 Å². The summed E-state index contributed by atoms with van der Waals surface area (Å²) in [6, 6.07) is 8.08. The summed E-state index contributed by atoms with van der Waals surface area (Å²) < 4.78 is 0. The summed E-state index contributed by atoms with van der Waals surface area (Å²) in [6.45, 7) is 14.0. The lowest BCUT2D eigenvalue weighted by Gasteiger charge is -2.33. The largest absolute Gasteiger partial charge is 0.357 e. The SMILES string of the molecule is CC1(C)C2CN(CCN3CCC(NC(=O)c4ccc5nc(N6CCCCCC6)ccc5n4)CC3)CC21.